The van der Waals surface area contributed by atoms with Gasteiger partial charge in [0.05, 0.1) is 34.3 Å². The zero-order valence-corrected chi connectivity index (χ0v) is 15.4. The second-order valence-corrected chi connectivity index (χ2v) is 7.23. The first-order valence-corrected chi connectivity index (χ1v) is 9.35. The first-order chi connectivity index (χ1) is 9.68. The summed E-state index contributed by atoms with van der Waals surface area (Å²) in [6.07, 6.45) is 11.2. The summed E-state index contributed by atoms with van der Waals surface area (Å²) < 4.78 is 32.3. The summed E-state index contributed by atoms with van der Waals surface area (Å²) in [6, 6.07) is 0. The van der Waals surface area contributed by atoms with E-state index >= 15 is 0 Å². The molecule has 0 unspecified atom stereocenters. The van der Waals surface area contributed by atoms with Crippen molar-refractivity contribution in [2.75, 3.05) is 34.3 Å². The Bertz CT molecular complexity index is 302. The maximum Gasteiger partial charge on any atom is 0.217 e. The molecule has 0 aliphatic carbocycles. The fourth-order valence-corrected chi connectivity index (χ4v) is 2.05. The lowest BCUT2D eigenvalue weighted by Gasteiger charge is -2.30. The van der Waals surface area contributed by atoms with Crippen LogP contribution in [0, 0.1) is 0 Å². The molecule has 5 nitrogen and oxygen atoms in total. The Morgan fingerprint density at radius 3 is 1.43 bits per heavy atom. The summed E-state index contributed by atoms with van der Waals surface area (Å²) in [4.78, 5) is 0. The molecule has 0 rings (SSSR count). The lowest BCUT2D eigenvalue weighted by atomic mass is 10.1. The normalized spacial score (nSPS) is 11.9. The van der Waals surface area contributed by atoms with E-state index in [0.717, 1.165) is 7.11 Å². The second kappa shape index (κ2) is 13.5. The van der Waals surface area contributed by atoms with Crippen LogP contribution in [0.25, 0.3) is 0 Å². The van der Waals surface area contributed by atoms with Crippen LogP contribution < -0.4 is 0 Å². The molecule has 0 radical (unpaired) electrons. The molecular formula is C15H35NO4S. The van der Waals surface area contributed by atoms with Gasteiger partial charge in [-0.25, -0.2) is 8.42 Å². The maximum atomic E-state index is 9.22. The molecule has 0 amide bonds. The SMILES string of the molecule is CCCCCC[N+](C)(C)CCCCCC.COS(=O)(=O)[O-]. The molecule has 0 saturated carbocycles. The minimum Gasteiger partial charge on any atom is -0.726 e. The Morgan fingerprint density at radius 2 is 1.19 bits per heavy atom. The minimum atomic E-state index is -4.41. The smallest absolute Gasteiger partial charge is 0.217 e. The Hall–Kier alpha value is -0.170. The molecule has 0 N–H and O–H groups in total. The highest BCUT2D eigenvalue weighted by Crippen LogP contribution is 2.08. The van der Waals surface area contributed by atoms with Crippen LogP contribution in [0.5, 0.6) is 0 Å². The molecular weight excluding hydrogens is 290 g/mol. The molecule has 0 fully saturated rings. The van der Waals surface area contributed by atoms with E-state index in [-0.39, 0.29) is 0 Å². The average molecular weight is 326 g/mol. The monoisotopic (exact) mass is 325 g/mol. The van der Waals surface area contributed by atoms with Gasteiger partial charge in [0, 0.05) is 0 Å². The van der Waals surface area contributed by atoms with Crippen molar-refractivity contribution >= 4 is 10.4 Å². The summed E-state index contributed by atoms with van der Waals surface area (Å²) in [7, 11) is 1.17. The summed E-state index contributed by atoms with van der Waals surface area (Å²) in [5.74, 6) is 0. The van der Waals surface area contributed by atoms with Crippen LogP contribution in [0.15, 0.2) is 0 Å². The van der Waals surface area contributed by atoms with Gasteiger partial charge in [-0.1, -0.05) is 39.5 Å². The zero-order chi connectivity index (χ0) is 16.8. The molecule has 130 valence electrons. The highest BCUT2D eigenvalue weighted by molar-refractivity contribution is 7.80. The van der Waals surface area contributed by atoms with Gasteiger partial charge in [-0.05, 0) is 25.7 Å². The van der Waals surface area contributed by atoms with Crippen LogP contribution in [-0.2, 0) is 14.6 Å². The lowest BCUT2D eigenvalue weighted by Crippen LogP contribution is -2.41. The first kappa shape index (κ1) is 23.1. The minimum absolute atomic E-state index is 0.808. The summed E-state index contributed by atoms with van der Waals surface area (Å²) in [6.45, 7) is 7.30. The van der Waals surface area contributed by atoms with Gasteiger partial charge in [0.25, 0.3) is 0 Å². The molecule has 0 bridgehead atoms. The number of rotatable bonds is 11. The molecule has 0 atom stereocenters. The van der Waals surface area contributed by atoms with Crippen LogP contribution in [0.2, 0.25) is 0 Å². The van der Waals surface area contributed by atoms with Crippen LogP contribution in [-0.4, -0.2) is 51.7 Å². The molecule has 0 heterocycles. The molecule has 0 aromatic carbocycles. The molecule has 21 heavy (non-hydrogen) atoms. The van der Waals surface area contributed by atoms with Gasteiger partial charge >= 0.3 is 0 Å². The molecule has 6 heteroatoms. The predicted octanol–water partition coefficient (Wildman–Crippen LogP) is 3.32. The van der Waals surface area contributed by atoms with Crippen molar-refractivity contribution in [1.82, 2.24) is 0 Å². The van der Waals surface area contributed by atoms with E-state index in [9.17, 15) is 13.0 Å². The van der Waals surface area contributed by atoms with Crippen molar-refractivity contribution in [2.45, 2.75) is 65.2 Å². The zero-order valence-electron chi connectivity index (χ0n) is 14.6. The van der Waals surface area contributed by atoms with Crippen molar-refractivity contribution < 1.29 is 21.6 Å². The van der Waals surface area contributed by atoms with Gasteiger partial charge < -0.3 is 9.04 Å². The first-order valence-electron chi connectivity index (χ1n) is 8.02. The van der Waals surface area contributed by atoms with Crippen molar-refractivity contribution in [3.8, 4) is 0 Å². The molecule has 0 aliphatic heterocycles. The van der Waals surface area contributed by atoms with Gasteiger partial charge in [0.1, 0.15) is 0 Å². The van der Waals surface area contributed by atoms with E-state index < -0.39 is 10.4 Å². The van der Waals surface area contributed by atoms with Gasteiger partial charge in [-0.15, -0.1) is 0 Å². The van der Waals surface area contributed by atoms with E-state index in [1.165, 1.54) is 68.9 Å². The number of quaternary nitrogens is 1. The fourth-order valence-electron chi connectivity index (χ4n) is 2.05. The molecule has 0 aromatic heterocycles. The van der Waals surface area contributed by atoms with Gasteiger partial charge in [-0.3, -0.25) is 4.18 Å². The lowest BCUT2D eigenvalue weighted by molar-refractivity contribution is -0.890. The van der Waals surface area contributed by atoms with E-state index in [1.54, 1.807) is 0 Å². The van der Waals surface area contributed by atoms with Gasteiger partial charge in [0.2, 0.25) is 10.4 Å². The van der Waals surface area contributed by atoms with Crippen molar-refractivity contribution in [3.63, 3.8) is 0 Å². The largest absolute Gasteiger partial charge is 0.726 e. The maximum absolute atomic E-state index is 9.22. The standard InChI is InChI=1S/C14H32N.CH4O4S/c1-5-7-9-11-13-15(3,4)14-12-10-8-6-2;1-5-6(2,3)4/h5-14H2,1-4H3;1H3,(H,2,3,4)/q+1;/p-1. The van der Waals surface area contributed by atoms with Crippen LogP contribution in [0.3, 0.4) is 0 Å². The third-order valence-corrected chi connectivity index (χ3v) is 3.85. The van der Waals surface area contributed by atoms with Gasteiger partial charge in [-0.2, -0.15) is 0 Å². The van der Waals surface area contributed by atoms with Crippen molar-refractivity contribution in [2.24, 2.45) is 0 Å². The number of unbranched alkanes of at least 4 members (excludes halogenated alkanes) is 6. The van der Waals surface area contributed by atoms with Gasteiger partial charge in [0.15, 0.2) is 0 Å². The molecule has 0 aromatic rings. The Balaban J connectivity index is 0. The molecule has 0 spiro atoms. The third kappa shape index (κ3) is 22.3. The number of hydrogen-bond acceptors (Lipinski definition) is 4. The highest BCUT2D eigenvalue weighted by atomic mass is 32.3. The second-order valence-electron chi connectivity index (χ2n) is 6.08. The summed E-state index contributed by atoms with van der Waals surface area (Å²) >= 11 is 0. The van der Waals surface area contributed by atoms with E-state index in [1.807, 2.05) is 0 Å². The Labute approximate surface area is 132 Å². The highest BCUT2D eigenvalue weighted by Gasteiger charge is 2.13. The summed E-state index contributed by atoms with van der Waals surface area (Å²) in [5, 5.41) is 0. The Morgan fingerprint density at radius 1 is 0.857 bits per heavy atom. The van der Waals surface area contributed by atoms with E-state index in [0.29, 0.717) is 0 Å². The summed E-state index contributed by atoms with van der Waals surface area (Å²) in [5.41, 5.74) is 0. The topological polar surface area (TPSA) is 66.4 Å². The van der Waals surface area contributed by atoms with E-state index in [2.05, 4.69) is 32.1 Å². The average Bonchev–Trinajstić information content (AvgIpc) is 2.40. The molecule has 0 saturated heterocycles. The number of nitrogens with zero attached hydrogens (tertiary/aromatic N) is 1. The predicted molar refractivity (Wildman–Crippen MR) is 86.8 cm³/mol. The van der Waals surface area contributed by atoms with Crippen LogP contribution in [0.4, 0.5) is 0 Å². The van der Waals surface area contributed by atoms with Crippen LogP contribution in [0.1, 0.15) is 65.2 Å². The Kier molecular flexibility index (Phi) is 14.8. The fraction of sp³-hybridized carbons (Fsp3) is 1.00. The van der Waals surface area contributed by atoms with Crippen LogP contribution >= 0.6 is 0 Å². The third-order valence-electron chi connectivity index (χ3n) is 3.44. The quantitative estimate of drug-likeness (QED) is 0.253. The molecule has 0 aliphatic rings. The van der Waals surface area contributed by atoms with Crippen molar-refractivity contribution in [1.29, 1.82) is 0 Å². The van der Waals surface area contributed by atoms with E-state index in [4.69, 9.17) is 0 Å². The number of hydrogen-bond donors (Lipinski definition) is 0. The van der Waals surface area contributed by atoms with Crippen molar-refractivity contribution in [3.05, 3.63) is 0 Å².